The Balaban J connectivity index is 1.62. The van der Waals surface area contributed by atoms with Crippen LogP contribution in [0.5, 0.6) is 0 Å². The molecule has 0 fully saturated rings. The molecule has 108 valence electrons. The highest BCUT2D eigenvalue weighted by Crippen LogP contribution is 2.14. The Morgan fingerprint density at radius 2 is 1.64 bits per heavy atom. The van der Waals surface area contributed by atoms with Crippen LogP contribution in [0.15, 0.2) is 77.9 Å². The third-order valence-electron chi connectivity index (χ3n) is 3.38. The number of hydrogen-bond acceptors (Lipinski definition) is 2. The first kappa shape index (κ1) is 14.0. The van der Waals surface area contributed by atoms with Gasteiger partial charge in [-0.2, -0.15) is 5.10 Å². The Morgan fingerprint density at radius 1 is 0.909 bits per heavy atom. The molecule has 22 heavy (non-hydrogen) atoms. The van der Waals surface area contributed by atoms with Crippen molar-refractivity contribution >= 4 is 22.9 Å². The van der Waals surface area contributed by atoms with Crippen LogP contribution in [0.25, 0.3) is 10.8 Å². The van der Waals surface area contributed by atoms with Crippen molar-refractivity contribution in [3.05, 3.63) is 83.9 Å². The van der Waals surface area contributed by atoms with Gasteiger partial charge in [0.15, 0.2) is 0 Å². The topological polar surface area (TPSA) is 41.5 Å². The predicted octanol–water partition coefficient (Wildman–Crippen LogP) is 3.53. The maximum Gasteiger partial charge on any atom is 0.244 e. The van der Waals surface area contributed by atoms with Gasteiger partial charge in [-0.1, -0.05) is 66.7 Å². The molecule has 0 unspecified atom stereocenters. The van der Waals surface area contributed by atoms with E-state index in [1.54, 1.807) is 6.21 Å². The third-order valence-corrected chi connectivity index (χ3v) is 3.38. The van der Waals surface area contributed by atoms with Crippen molar-refractivity contribution < 1.29 is 4.79 Å². The number of rotatable bonds is 4. The molecular weight excluding hydrogens is 272 g/mol. The minimum atomic E-state index is -0.122. The second kappa shape index (κ2) is 6.68. The number of nitrogens with one attached hydrogen (secondary N) is 1. The molecule has 3 aromatic rings. The minimum absolute atomic E-state index is 0.122. The zero-order valence-electron chi connectivity index (χ0n) is 12.1. The molecule has 0 saturated carbocycles. The quantitative estimate of drug-likeness (QED) is 0.579. The van der Waals surface area contributed by atoms with E-state index < -0.39 is 0 Å². The van der Waals surface area contributed by atoms with E-state index in [1.165, 1.54) is 5.39 Å². The molecule has 3 aromatic carbocycles. The number of hydrogen-bond donors (Lipinski definition) is 1. The molecule has 3 nitrogen and oxygen atoms in total. The summed E-state index contributed by atoms with van der Waals surface area (Å²) in [5.74, 6) is -0.122. The molecule has 1 amide bonds. The SMILES string of the molecule is O=C(Cc1ccccc1)NN=Cc1ccc2ccccc2c1. The van der Waals surface area contributed by atoms with Crippen molar-refractivity contribution in [1.82, 2.24) is 5.43 Å². The van der Waals surface area contributed by atoms with Crippen LogP contribution in [0.2, 0.25) is 0 Å². The molecule has 0 aliphatic rings. The van der Waals surface area contributed by atoms with Gasteiger partial charge in [-0.15, -0.1) is 0 Å². The molecule has 0 spiro atoms. The van der Waals surface area contributed by atoms with Gasteiger partial charge in [-0.25, -0.2) is 5.43 Å². The fraction of sp³-hybridized carbons (Fsp3) is 0.0526. The maximum atomic E-state index is 11.8. The molecule has 1 N–H and O–H groups in total. The lowest BCUT2D eigenvalue weighted by Gasteiger charge is -2.01. The zero-order chi connectivity index (χ0) is 15.2. The summed E-state index contributed by atoms with van der Waals surface area (Å²) in [5, 5.41) is 6.36. The van der Waals surface area contributed by atoms with Crippen molar-refractivity contribution in [1.29, 1.82) is 0 Å². The molecule has 0 aliphatic heterocycles. The molecular formula is C19H16N2O. The summed E-state index contributed by atoms with van der Waals surface area (Å²) in [6.45, 7) is 0. The van der Waals surface area contributed by atoms with Crippen molar-refractivity contribution in [2.24, 2.45) is 5.10 Å². The lowest BCUT2D eigenvalue weighted by Crippen LogP contribution is -2.19. The van der Waals surface area contributed by atoms with Gasteiger partial charge in [0.05, 0.1) is 12.6 Å². The molecule has 3 heteroatoms. The average molecular weight is 288 g/mol. The van der Waals surface area contributed by atoms with E-state index in [1.807, 2.05) is 60.7 Å². The maximum absolute atomic E-state index is 11.8. The van der Waals surface area contributed by atoms with Crippen LogP contribution in [0, 0.1) is 0 Å². The van der Waals surface area contributed by atoms with Crippen molar-refractivity contribution in [2.45, 2.75) is 6.42 Å². The van der Waals surface area contributed by atoms with Gasteiger partial charge in [0.2, 0.25) is 5.91 Å². The highest BCUT2D eigenvalue weighted by Gasteiger charge is 2.00. The van der Waals surface area contributed by atoms with E-state index in [4.69, 9.17) is 0 Å². The minimum Gasteiger partial charge on any atom is -0.273 e. The summed E-state index contributed by atoms with van der Waals surface area (Å²) >= 11 is 0. The lowest BCUT2D eigenvalue weighted by atomic mass is 10.1. The van der Waals surface area contributed by atoms with Crippen LogP contribution in [-0.2, 0) is 11.2 Å². The molecule has 3 rings (SSSR count). The summed E-state index contributed by atoms with van der Waals surface area (Å²) in [6, 6.07) is 23.8. The lowest BCUT2D eigenvalue weighted by molar-refractivity contribution is -0.120. The van der Waals surface area contributed by atoms with Gasteiger partial charge in [-0.05, 0) is 28.0 Å². The summed E-state index contributed by atoms with van der Waals surface area (Å²) in [5.41, 5.74) is 4.49. The Hall–Kier alpha value is -2.94. The van der Waals surface area contributed by atoms with E-state index in [0.717, 1.165) is 16.5 Å². The summed E-state index contributed by atoms with van der Waals surface area (Å²) in [6.07, 6.45) is 1.99. The highest BCUT2D eigenvalue weighted by molar-refractivity contribution is 5.91. The average Bonchev–Trinajstić information content (AvgIpc) is 2.55. The van der Waals surface area contributed by atoms with Gasteiger partial charge in [0.1, 0.15) is 0 Å². The number of hydrazone groups is 1. The molecule has 0 aromatic heterocycles. The summed E-state index contributed by atoms with van der Waals surface area (Å²) in [4.78, 5) is 11.8. The standard InChI is InChI=1S/C19H16N2O/c22-19(13-15-6-2-1-3-7-15)21-20-14-16-10-11-17-8-4-5-9-18(17)12-16/h1-12,14H,13H2,(H,21,22). The van der Waals surface area contributed by atoms with Gasteiger partial charge < -0.3 is 0 Å². The predicted molar refractivity (Wildman–Crippen MR) is 89.8 cm³/mol. The van der Waals surface area contributed by atoms with Gasteiger partial charge in [0, 0.05) is 0 Å². The molecule has 0 bridgehead atoms. The van der Waals surface area contributed by atoms with E-state index in [2.05, 4.69) is 22.7 Å². The largest absolute Gasteiger partial charge is 0.273 e. The van der Waals surface area contributed by atoms with Crippen molar-refractivity contribution in [3.8, 4) is 0 Å². The fourth-order valence-electron chi connectivity index (χ4n) is 2.29. The fourth-order valence-corrected chi connectivity index (χ4v) is 2.29. The van der Waals surface area contributed by atoms with E-state index in [-0.39, 0.29) is 5.91 Å². The van der Waals surface area contributed by atoms with Crippen LogP contribution in [0.4, 0.5) is 0 Å². The number of amides is 1. The van der Waals surface area contributed by atoms with Crippen molar-refractivity contribution in [2.75, 3.05) is 0 Å². The Kier molecular flexibility index (Phi) is 4.25. The Labute approximate surface area is 129 Å². The molecule has 0 aliphatic carbocycles. The smallest absolute Gasteiger partial charge is 0.244 e. The number of benzene rings is 3. The first-order valence-electron chi connectivity index (χ1n) is 7.16. The first-order valence-corrected chi connectivity index (χ1v) is 7.16. The van der Waals surface area contributed by atoms with Gasteiger partial charge in [0.25, 0.3) is 0 Å². The zero-order valence-corrected chi connectivity index (χ0v) is 12.1. The van der Waals surface area contributed by atoms with E-state index in [0.29, 0.717) is 6.42 Å². The van der Waals surface area contributed by atoms with Crippen LogP contribution < -0.4 is 5.43 Å². The third kappa shape index (κ3) is 3.58. The Bertz CT molecular complexity index is 810. The number of carbonyl (C=O) groups is 1. The second-order valence-electron chi connectivity index (χ2n) is 5.06. The molecule has 0 heterocycles. The molecule has 0 radical (unpaired) electrons. The molecule has 0 atom stereocenters. The molecule has 0 saturated heterocycles. The summed E-state index contributed by atoms with van der Waals surface area (Å²) in [7, 11) is 0. The van der Waals surface area contributed by atoms with Gasteiger partial charge >= 0.3 is 0 Å². The Morgan fingerprint density at radius 3 is 2.45 bits per heavy atom. The van der Waals surface area contributed by atoms with E-state index in [9.17, 15) is 4.79 Å². The van der Waals surface area contributed by atoms with Crippen molar-refractivity contribution in [3.63, 3.8) is 0 Å². The van der Waals surface area contributed by atoms with Crippen LogP contribution >= 0.6 is 0 Å². The number of carbonyl (C=O) groups excluding carboxylic acids is 1. The second-order valence-corrected chi connectivity index (χ2v) is 5.06. The van der Waals surface area contributed by atoms with Crippen LogP contribution in [0.1, 0.15) is 11.1 Å². The normalized spacial score (nSPS) is 10.9. The van der Waals surface area contributed by atoms with Gasteiger partial charge in [-0.3, -0.25) is 4.79 Å². The van der Waals surface area contributed by atoms with Crippen LogP contribution in [-0.4, -0.2) is 12.1 Å². The number of fused-ring (bicyclic) bond motifs is 1. The van der Waals surface area contributed by atoms with Crippen LogP contribution in [0.3, 0.4) is 0 Å². The summed E-state index contributed by atoms with van der Waals surface area (Å²) < 4.78 is 0. The number of nitrogens with zero attached hydrogens (tertiary/aromatic N) is 1. The highest BCUT2D eigenvalue weighted by atomic mass is 16.2. The van der Waals surface area contributed by atoms with E-state index >= 15 is 0 Å². The first-order chi connectivity index (χ1) is 10.8. The monoisotopic (exact) mass is 288 g/mol.